The van der Waals surface area contributed by atoms with Gasteiger partial charge in [0.2, 0.25) is 0 Å². The number of phenols is 1. The topological polar surface area (TPSA) is 41.5 Å². The monoisotopic (exact) mass is 415 g/mol. The molecule has 1 aliphatic carbocycles. The molecule has 0 spiro atoms. The van der Waals surface area contributed by atoms with Crippen molar-refractivity contribution in [3.05, 3.63) is 77.9 Å². The lowest BCUT2D eigenvalue weighted by atomic mass is 10.1. The molecule has 4 aromatic rings. The Morgan fingerprint density at radius 3 is 2.60 bits per heavy atom. The normalized spacial score (nSPS) is 13.6. The van der Waals surface area contributed by atoms with Crippen molar-refractivity contribution in [2.75, 3.05) is 6.54 Å². The summed E-state index contributed by atoms with van der Waals surface area (Å²) < 4.78 is 7.45. The molecule has 1 saturated carbocycles. The number of fused-ring (bicyclic) bond motifs is 1. The molecule has 3 aromatic carbocycles. The van der Waals surface area contributed by atoms with E-state index >= 15 is 0 Å². The number of nitrogens with one attached hydrogen (secondary N) is 1. The molecule has 1 fully saturated rings. The predicted molar refractivity (Wildman–Crippen MR) is 125 cm³/mol. The Morgan fingerprint density at radius 1 is 1.03 bits per heavy atom. The number of aromatic hydroxyl groups is 1. The third kappa shape index (κ3) is 4.07. The molecule has 0 amide bonds. The summed E-state index contributed by atoms with van der Waals surface area (Å²) in [5.74, 6) is 1.96. The molecule has 5 rings (SSSR count). The first-order valence-electron chi connectivity index (χ1n) is 10.5. The largest absolute Gasteiger partial charge is 0.508 e. The Kier molecular flexibility index (Phi) is 5.19. The first kappa shape index (κ1) is 19.2. The summed E-state index contributed by atoms with van der Waals surface area (Å²) in [4.78, 5) is 1.09. The number of benzene rings is 3. The molecule has 0 bridgehead atoms. The molecule has 2 N–H and O–H groups in total. The van der Waals surface area contributed by atoms with Crippen molar-refractivity contribution in [2.45, 2.75) is 32.2 Å². The number of thiophene rings is 1. The minimum atomic E-state index is 0.274. The van der Waals surface area contributed by atoms with Crippen LogP contribution in [-0.4, -0.2) is 17.7 Å². The fourth-order valence-electron chi connectivity index (χ4n) is 3.72. The van der Waals surface area contributed by atoms with E-state index in [2.05, 4.69) is 60.8 Å². The summed E-state index contributed by atoms with van der Waals surface area (Å²) >= 11 is 1.65. The van der Waals surface area contributed by atoms with Crippen molar-refractivity contribution in [1.82, 2.24) is 5.32 Å². The molecule has 1 heterocycles. The van der Waals surface area contributed by atoms with Gasteiger partial charge in [0.25, 0.3) is 0 Å². The lowest BCUT2D eigenvalue weighted by molar-refractivity contribution is 0.476. The Labute approximate surface area is 181 Å². The van der Waals surface area contributed by atoms with Crippen LogP contribution in [0.2, 0.25) is 0 Å². The van der Waals surface area contributed by atoms with Crippen LogP contribution in [0.25, 0.3) is 20.5 Å². The fourth-order valence-corrected chi connectivity index (χ4v) is 4.97. The molecular weight excluding hydrogens is 390 g/mol. The van der Waals surface area contributed by atoms with E-state index in [1.54, 1.807) is 17.4 Å². The Morgan fingerprint density at radius 2 is 1.83 bits per heavy atom. The molecule has 0 saturated heterocycles. The highest BCUT2D eigenvalue weighted by Crippen LogP contribution is 2.47. The molecule has 0 unspecified atom stereocenters. The molecule has 0 aliphatic heterocycles. The van der Waals surface area contributed by atoms with Crippen molar-refractivity contribution >= 4 is 21.4 Å². The number of ether oxygens (including phenoxy) is 1. The van der Waals surface area contributed by atoms with Crippen LogP contribution < -0.4 is 10.1 Å². The van der Waals surface area contributed by atoms with Crippen molar-refractivity contribution < 1.29 is 9.84 Å². The molecule has 1 aromatic heterocycles. The maximum absolute atomic E-state index is 9.95. The second-order valence-corrected chi connectivity index (χ2v) is 9.03. The van der Waals surface area contributed by atoms with E-state index in [0.29, 0.717) is 0 Å². The van der Waals surface area contributed by atoms with Gasteiger partial charge in [-0.25, -0.2) is 0 Å². The van der Waals surface area contributed by atoms with Crippen LogP contribution in [0.3, 0.4) is 0 Å². The quantitative estimate of drug-likeness (QED) is 0.354. The molecule has 152 valence electrons. The summed E-state index contributed by atoms with van der Waals surface area (Å²) in [5.41, 5.74) is 3.68. The van der Waals surface area contributed by atoms with Crippen LogP contribution in [0.4, 0.5) is 0 Å². The van der Waals surface area contributed by atoms with Gasteiger partial charge in [-0.15, -0.1) is 11.3 Å². The zero-order chi connectivity index (χ0) is 20.5. The number of aryl methyl sites for hydroxylation is 1. The average Bonchev–Trinajstić information content (AvgIpc) is 3.51. The molecule has 4 heteroatoms. The highest BCUT2D eigenvalue weighted by molar-refractivity contribution is 7.22. The zero-order valence-electron chi connectivity index (χ0n) is 17.0. The first-order valence-corrected chi connectivity index (χ1v) is 11.3. The summed E-state index contributed by atoms with van der Waals surface area (Å²) in [6.07, 6.45) is 3.68. The SMILES string of the molecule is Cc1ccccc1-c1sc2cc(O)ccc2c1Oc1ccc(CCNC2CC2)cc1. The molecular formula is C26H25NO2S. The average molecular weight is 416 g/mol. The van der Waals surface area contributed by atoms with E-state index in [4.69, 9.17) is 4.74 Å². The first-order chi connectivity index (χ1) is 14.7. The maximum atomic E-state index is 9.95. The second kappa shape index (κ2) is 8.13. The zero-order valence-corrected chi connectivity index (χ0v) is 17.8. The number of rotatable bonds is 7. The van der Waals surface area contributed by atoms with Crippen LogP contribution >= 0.6 is 11.3 Å². The molecule has 3 nitrogen and oxygen atoms in total. The van der Waals surface area contributed by atoms with Gasteiger partial charge in [-0.2, -0.15) is 0 Å². The Balaban J connectivity index is 1.45. The van der Waals surface area contributed by atoms with Crippen molar-refractivity contribution in [2.24, 2.45) is 0 Å². The van der Waals surface area contributed by atoms with Gasteiger partial charge in [0, 0.05) is 16.1 Å². The van der Waals surface area contributed by atoms with Crippen molar-refractivity contribution in [3.63, 3.8) is 0 Å². The number of hydrogen-bond donors (Lipinski definition) is 2. The highest BCUT2D eigenvalue weighted by atomic mass is 32.1. The highest BCUT2D eigenvalue weighted by Gasteiger charge is 2.20. The van der Waals surface area contributed by atoms with E-state index < -0.39 is 0 Å². The Bertz CT molecular complexity index is 1180. The van der Waals surface area contributed by atoms with Gasteiger partial charge >= 0.3 is 0 Å². The van der Waals surface area contributed by atoms with Gasteiger partial charge in [-0.05, 0) is 79.8 Å². The van der Waals surface area contributed by atoms with Crippen molar-refractivity contribution in [1.29, 1.82) is 0 Å². The van der Waals surface area contributed by atoms with Crippen LogP contribution in [0, 0.1) is 6.92 Å². The minimum Gasteiger partial charge on any atom is -0.508 e. The molecule has 0 atom stereocenters. The van der Waals surface area contributed by atoms with Crippen LogP contribution in [0.15, 0.2) is 66.7 Å². The van der Waals surface area contributed by atoms with Gasteiger partial charge in [0.15, 0.2) is 5.75 Å². The third-order valence-corrected chi connectivity index (χ3v) is 6.75. The van der Waals surface area contributed by atoms with Gasteiger partial charge in [0.05, 0.1) is 4.88 Å². The minimum absolute atomic E-state index is 0.274. The number of phenolic OH excluding ortho intramolecular Hbond substituents is 1. The van der Waals surface area contributed by atoms with Gasteiger partial charge < -0.3 is 15.2 Å². The lowest BCUT2D eigenvalue weighted by Gasteiger charge is -2.11. The summed E-state index contributed by atoms with van der Waals surface area (Å²) in [7, 11) is 0. The van der Waals surface area contributed by atoms with E-state index in [0.717, 1.165) is 51.0 Å². The van der Waals surface area contributed by atoms with Gasteiger partial charge in [0.1, 0.15) is 11.5 Å². The standard InChI is InChI=1S/C26H25NO2S/c1-17-4-2-3-5-22(17)26-25(23-13-10-20(28)16-24(23)30-26)29-21-11-6-18(7-12-21)14-15-27-19-8-9-19/h2-7,10-13,16,19,27-28H,8-9,14-15H2,1H3. The molecule has 1 aliphatic rings. The van der Waals surface area contributed by atoms with E-state index in [1.807, 2.05) is 12.1 Å². The van der Waals surface area contributed by atoms with Gasteiger partial charge in [-0.3, -0.25) is 0 Å². The van der Waals surface area contributed by atoms with Crippen LogP contribution in [0.5, 0.6) is 17.2 Å². The second-order valence-electron chi connectivity index (χ2n) is 7.98. The van der Waals surface area contributed by atoms with E-state index in [1.165, 1.54) is 24.0 Å². The predicted octanol–water partition coefficient (Wildman–Crippen LogP) is 6.67. The van der Waals surface area contributed by atoms with E-state index in [-0.39, 0.29) is 5.75 Å². The molecule has 30 heavy (non-hydrogen) atoms. The smallest absolute Gasteiger partial charge is 0.153 e. The summed E-state index contributed by atoms with van der Waals surface area (Å²) in [5, 5.41) is 14.5. The number of hydrogen-bond acceptors (Lipinski definition) is 4. The van der Waals surface area contributed by atoms with Gasteiger partial charge in [-0.1, -0.05) is 36.4 Å². The summed E-state index contributed by atoms with van der Waals surface area (Å²) in [6.45, 7) is 3.15. The third-order valence-electron chi connectivity index (χ3n) is 5.59. The lowest BCUT2D eigenvalue weighted by Crippen LogP contribution is -2.19. The van der Waals surface area contributed by atoms with Crippen LogP contribution in [-0.2, 0) is 6.42 Å². The van der Waals surface area contributed by atoms with Crippen LogP contribution in [0.1, 0.15) is 24.0 Å². The maximum Gasteiger partial charge on any atom is 0.153 e. The molecule has 0 radical (unpaired) electrons. The fraction of sp³-hybridized carbons (Fsp3) is 0.231. The van der Waals surface area contributed by atoms with E-state index in [9.17, 15) is 5.11 Å². The van der Waals surface area contributed by atoms with Crippen molar-refractivity contribution in [3.8, 4) is 27.7 Å². The Hall–Kier alpha value is -2.82. The summed E-state index contributed by atoms with van der Waals surface area (Å²) in [6, 6.07) is 23.0.